The van der Waals surface area contributed by atoms with Crippen molar-refractivity contribution in [2.45, 2.75) is 6.92 Å². The molecule has 0 radical (unpaired) electrons. The van der Waals surface area contributed by atoms with E-state index in [1.807, 2.05) is 0 Å². The number of nitrogens with one attached hydrogen (secondary N) is 2. The molecule has 0 fully saturated rings. The van der Waals surface area contributed by atoms with E-state index in [1.165, 1.54) is 13.0 Å². The van der Waals surface area contributed by atoms with E-state index < -0.39 is 23.6 Å². The van der Waals surface area contributed by atoms with Crippen LogP contribution in [0.5, 0.6) is 0 Å². The number of carbonyl (C=O) groups excluding carboxylic acids is 1. The van der Waals surface area contributed by atoms with Crippen LogP contribution in [0.15, 0.2) is 27.4 Å². The van der Waals surface area contributed by atoms with Gasteiger partial charge in [0, 0.05) is 11.8 Å². The molecule has 1 atom stereocenters. The standard InChI is InChI=1S/C11H10N2O5/c1-5(10(15)16)9(14)12-6-2-3-7-8(4-6)18-11(17)13-7/h2-5H,1H3,(H,12,14)(H,13,17)(H,15,16). The summed E-state index contributed by atoms with van der Waals surface area (Å²) in [5.41, 5.74) is 1.16. The molecule has 2 rings (SSSR count). The molecule has 0 saturated carbocycles. The highest BCUT2D eigenvalue weighted by molar-refractivity contribution is 6.04. The van der Waals surface area contributed by atoms with Crippen LogP contribution >= 0.6 is 0 Å². The summed E-state index contributed by atoms with van der Waals surface area (Å²) in [5.74, 6) is -3.59. The van der Waals surface area contributed by atoms with Crippen molar-refractivity contribution < 1.29 is 19.1 Å². The molecule has 7 heteroatoms. The first-order chi connectivity index (χ1) is 8.47. The van der Waals surface area contributed by atoms with Crippen molar-refractivity contribution in [3.63, 3.8) is 0 Å². The maximum Gasteiger partial charge on any atom is 0.417 e. The number of rotatable bonds is 3. The Morgan fingerprint density at radius 3 is 2.83 bits per heavy atom. The summed E-state index contributed by atoms with van der Waals surface area (Å²) in [5, 5.41) is 11.1. The number of H-pyrrole nitrogens is 1. The molecule has 1 heterocycles. The summed E-state index contributed by atoms with van der Waals surface area (Å²) < 4.78 is 4.82. The Balaban J connectivity index is 2.24. The van der Waals surface area contributed by atoms with Crippen molar-refractivity contribution >= 4 is 28.7 Å². The number of carboxylic acids is 1. The fourth-order valence-corrected chi connectivity index (χ4v) is 1.39. The number of hydrogen-bond acceptors (Lipinski definition) is 4. The lowest BCUT2D eigenvalue weighted by atomic mass is 10.1. The Hall–Kier alpha value is -2.57. The predicted molar refractivity (Wildman–Crippen MR) is 62.3 cm³/mol. The zero-order valence-electron chi connectivity index (χ0n) is 9.39. The fourth-order valence-electron chi connectivity index (χ4n) is 1.39. The van der Waals surface area contributed by atoms with Gasteiger partial charge < -0.3 is 14.8 Å². The molecule has 0 aliphatic carbocycles. The van der Waals surface area contributed by atoms with Crippen LogP contribution in [-0.2, 0) is 9.59 Å². The van der Waals surface area contributed by atoms with Gasteiger partial charge in [0.25, 0.3) is 0 Å². The van der Waals surface area contributed by atoms with Gasteiger partial charge in [-0.2, -0.15) is 0 Å². The Labute approximate surface area is 100 Å². The van der Waals surface area contributed by atoms with Crippen LogP contribution in [0.2, 0.25) is 0 Å². The van der Waals surface area contributed by atoms with Gasteiger partial charge in [0.05, 0.1) is 5.52 Å². The van der Waals surface area contributed by atoms with E-state index in [-0.39, 0.29) is 0 Å². The first kappa shape index (κ1) is 11.9. The molecule has 0 bridgehead atoms. The topological polar surface area (TPSA) is 112 Å². The van der Waals surface area contributed by atoms with Crippen molar-refractivity contribution in [1.82, 2.24) is 4.98 Å². The van der Waals surface area contributed by atoms with E-state index in [4.69, 9.17) is 9.52 Å². The number of aliphatic carboxylic acids is 1. The van der Waals surface area contributed by atoms with Crippen LogP contribution in [0.3, 0.4) is 0 Å². The maximum atomic E-state index is 11.5. The lowest BCUT2D eigenvalue weighted by Gasteiger charge is -2.07. The van der Waals surface area contributed by atoms with Crippen molar-refractivity contribution in [3.05, 3.63) is 28.7 Å². The third kappa shape index (κ3) is 2.24. The van der Waals surface area contributed by atoms with E-state index >= 15 is 0 Å². The van der Waals surface area contributed by atoms with Crippen molar-refractivity contribution in [2.75, 3.05) is 5.32 Å². The van der Waals surface area contributed by atoms with Gasteiger partial charge in [-0.25, -0.2) is 4.79 Å². The van der Waals surface area contributed by atoms with Gasteiger partial charge in [-0.1, -0.05) is 0 Å². The van der Waals surface area contributed by atoms with E-state index in [0.29, 0.717) is 16.8 Å². The second kappa shape index (κ2) is 4.36. The molecule has 0 spiro atoms. The molecule has 18 heavy (non-hydrogen) atoms. The molecule has 1 unspecified atom stereocenters. The molecule has 94 valence electrons. The maximum absolute atomic E-state index is 11.5. The Bertz CT molecular complexity index is 669. The molecule has 2 aromatic rings. The van der Waals surface area contributed by atoms with E-state index in [9.17, 15) is 14.4 Å². The third-order valence-electron chi connectivity index (χ3n) is 2.45. The minimum Gasteiger partial charge on any atom is -0.481 e. The molecule has 3 N–H and O–H groups in total. The summed E-state index contributed by atoms with van der Waals surface area (Å²) in [6.07, 6.45) is 0. The summed E-state index contributed by atoms with van der Waals surface area (Å²) in [6.45, 7) is 1.28. The number of hydrogen-bond donors (Lipinski definition) is 3. The SMILES string of the molecule is CC(C(=O)O)C(=O)Nc1ccc2[nH]c(=O)oc2c1. The third-order valence-corrected chi connectivity index (χ3v) is 2.45. The van der Waals surface area contributed by atoms with Gasteiger partial charge in [-0.05, 0) is 19.1 Å². The van der Waals surface area contributed by atoms with E-state index in [1.54, 1.807) is 12.1 Å². The van der Waals surface area contributed by atoms with Crippen molar-refractivity contribution in [2.24, 2.45) is 5.92 Å². The number of carbonyl (C=O) groups is 2. The average molecular weight is 250 g/mol. The van der Waals surface area contributed by atoms with Gasteiger partial charge in [0.1, 0.15) is 5.92 Å². The molecular weight excluding hydrogens is 240 g/mol. The Morgan fingerprint density at radius 2 is 2.17 bits per heavy atom. The monoisotopic (exact) mass is 250 g/mol. The molecular formula is C11H10N2O5. The number of oxazole rings is 1. The average Bonchev–Trinajstić information content (AvgIpc) is 2.67. The molecule has 1 aromatic heterocycles. The number of anilines is 1. The van der Waals surface area contributed by atoms with Crippen LogP contribution in [-0.4, -0.2) is 22.0 Å². The van der Waals surface area contributed by atoms with Gasteiger partial charge in [-0.15, -0.1) is 0 Å². The highest BCUT2D eigenvalue weighted by Gasteiger charge is 2.20. The molecule has 1 aromatic carbocycles. The summed E-state index contributed by atoms with van der Waals surface area (Å²) in [7, 11) is 0. The molecule has 7 nitrogen and oxygen atoms in total. The number of aromatic nitrogens is 1. The lowest BCUT2D eigenvalue weighted by molar-refractivity contribution is -0.144. The second-order valence-corrected chi connectivity index (χ2v) is 3.77. The summed E-state index contributed by atoms with van der Waals surface area (Å²) in [4.78, 5) is 35.5. The number of amides is 1. The first-order valence-corrected chi connectivity index (χ1v) is 5.14. The van der Waals surface area contributed by atoms with Crippen molar-refractivity contribution in [3.8, 4) is 0 Å². The van der Waals surface area contributed by atoms with Gasteiger partial charge in [0.15, 0.2) is 5.58 Å². The van der Waals surface area contributed by atoms with Crippen LogP contribution in [0, 0.1) is 5.92 Å². The first-order valence-electron chi connectivity index (χ1n) is 5.14. The smallest absolute Gasteiger partial charge is 0.417 e. The largest absolute Gasteiger partial charge is 0.481 e. The Morgan fingerprint density at radius 1 is 1.44 bits per heavy atom. The molecule has 0 aliphatic rings. The highest BCUT2D eigenvalue weighted by Crippen LogP contribution is 2.16. The molecule has 1 amide bonds. The quantitative estimate of drug-likeness (QED) is 0.697. The molecule has 0 aliphatic heterocycles. The lowest BCUT2D eigenvalue weighted by Crippen LogP contribution is -2.26. The van der Waals surface area contributed by atoms with Gasteiger partial charge in [0.2, 0.25) is 5.91 Å². The number of carboxylic acid groups (broad SMARTS) is 1. The summed E-state index contributed by atoms with van der Waals surface area (Å²) in [6, 6.07) is 4.54. The number of fused-ring (bicyclic) bond motifs is 1. The van der Waals surface area contributed by atoms with Crippen LogP contribution in [0.1, 0.15) is 6.92 Å². The highest BCUT2D eigenvalue weighted by atomic mass is 16.4. The fraction of sp³-hybridized carbons (Fsp3) is 0.182. The second-order valence-electron chi connectivity index (χ2n) is 3.77. The van der Waals surface area contributed by atoms with E-state index in [2.05, 4.69) is 10.3 Å². The molecule has 0 saturated heterocycles. The normalized spacial score (nSPS) is 12.3. The van der Waals surface area contributed by atoms with Crippen molar-refractivity contribution in [1.29, 1.82) is 0 Å². The zero-order valence-corrected chi connectivity index (χ0v) is 9.39. The van der Waals surface area contributed by atoms with Gasteiger partial charge >= 0.3 is 11.7 Å². The zero-order chi connectivity index (χ0) is 13.3. The number of benzene rings is 1. The summed E-state index contributed by atoms with van der Waals surface area (Å²) >= 11 is 0. The van der Waals surface area contributed by atoms with Gasteiger partial charge in [-0.3, -0.25) is 14.6 Å². The minimum atomic E-state index is -1.21. The van der Waals surface area contributed by atoms with Crippen LogP contribution in [0.25, 0.3) is 11.1 Å². The Kier molecular flexibility index (Phi) is 2.88. The van der Waals surface area contributed by atoms with Crippen LogP contribution in [0.4, 0.5) is 5.69 Å². The van der Waals surface area contributed by atoms with Crippen LogP contribution < -0.4 is 11.1 Å². The minimum absolute atomic E-state index is 0.292. The van der Waals surface area contributed by atoms with E-state index in [0.717, 1.165) is 0 Å². The predicted octanol–water partition coefficient (Wildman–Crippen LogP) is 0.780. The number of aromatic amines is 1.